The van der Waals surface area contributed by atoms with Crippen LogP contribution in [0.2, 0.25) is 0 Å². The number of rotatable bonds is 5. The van der Waals surface area contributed by atoms with Crippen molar-refractivity contribution >= 4 is 29.3 Å². The Morgan fingerprint density at radius 2 is 2.53 bits per heavy atom. The Morgan fingerprint density at radius 1 is 1.82 bits per heavy atom. The minimum Gasteiger partial charge on any atom is -0.409 e. The fourth-order valence-electron chi connectivity index (χ4n) is 1.20. The number of amidine groups is 1. The van der Waals surface area contributed by atoms with Crippen LogP contribution in [0.1, 0.15) is 12.5 Å². The van der Waals surface area contributed by atoms with Gasteiger partial charge in [0.2, 0.25) is 5.91 Å². The van der Waals surface area contributed by atoms with E-state index in [2.05, 4.69) is 20.7 Å². The van der Waals surface area contributed by atoms with Crippen molar-refractivity contribution in [3.05, 3.63) is 11.8 Å². The summed E-state index contributed by atoms with van der Waals surface area (Å²) in [6.07, 6.45) is 3.31. The van der Waals surface area contributed by atoms with Crippen LogP contribution in [0.15, 0.2) is 11.4 Å². The van der Waals surface area contributed by atoms with Gasteiger partial charge in [-0.25, -0.2) is 0 Å². The second kappa shape index (κ2) is 6.14. The van der Waals surface area contributed by atoms with Crippen LogP contribution in [-0.4, -0.2) is 39.2 Å². The number of hydrogen-bond donors (Lipinski definition) is 4. The number of nitrogens with two attached hydrogens (primary N) is 1. The highest BCUT2D eigenvalue weighted by molar-refractivity contribution is 7.98. The molecule has 1 rings (SSSR count). The molecule has 94 valence electrons. The lowest BCUT2D eigenvalue weighted by atomic mass is 10.2. The molecule has 1 heterocycles. The molecule has 0 bridgehead atoms. The zero-order valence-electron chi connectivity index (χ0n) is 9.60. The summed E-state index contributed by atoms with van der Waals surface area (Å²) in [7, 11) is 0. The van der Waals surface area contributed by atoms with Crippen LogP contribution in [0.25, 0.3) is 0 Å². The van der Waals surface area contributed by atoms with Gasteiger partial charge in [-0.2, -0.15) is 16.9 Å². The van der Waals surface area contributed by atoms with E-state index in [-0.39, 0.29) is 17.7 Å². The van der Waals surface area contributed by atoms with Crippen molar-refractivity contribution < 1.29 is 10.0 Å². The standard InChI is InChI=1S/C9H15N5O2S/c1-5(4-17-2)9(15)12-8-6(3-11-13-8)7(10)14-16/h3,5,16H,4H2,1-2H3,(H2,10,14)(H2,11,12,13,15). The molecule has 0 radical (unpaired) electrons. The SMILES string of the molecule is CSCC(C)C(=O)Nc1[nH]ncc1C(N)=NO. The van der Waals surface area contributed by atoms with E-state index in [1.54, 1.807) is 11.8 Å². The highest BCUT2D eigenvalue weighted by Gasteiger charge is 2.16. The number of amides is 1. The fraction of sp³-hybridized carbons (Fsp3) is 0.444. The summed E-state index contributed by atoms with van der Waals surface area (Å²) in [4.78, 5) is 11.7. The minimum absolute atomic E-state index is 0.105. The van der Waals surface area contributed by atoms with E-state index in [1.807, 2.05) is 13.2 Å². The monoisotopic (exact) mass is 257 g/mol. The van der Waals surface area contributed by atoms with E-state index < -0.39 is 0 Å². The van der Waals surface area contributed by atoms with Crippen LogP contribution >= 0.6 is 11.8 Å². The first-order chi connectivity index (χ1) is 8.10. The first-order valence-electron chi connectivity index (χ1n) is 4.91. The summed E-state index contributed by atoms with van der Waals surface area (Å²) < 4.78 is 0. The highest BCUT2D eigenvalue weighted by Crippen LogP contribution is 2.13. The van der Waals surface area contributed by atoms with Gasteiger partial charge in [0.25, 0.3) is 0 Å². The summed E-state index contributed by atoms with van der Waals surface area (Å²) in [5, 5.41) is 20.4. The summed E-state index contributed by atoms with van der Waals surface area (Å²) >= 11 is 1.59. The Kier molecular flexibility index (Phi) is 4.83. The first kappa shape index (κ1) is 13.4. The summed E-state index contributed by atoms with van der Waals surface area (Å²) in [6, 6.07) is 0. The number of H-pyrrole nitrogens is 1. The van der Waals surface area contributed by atoms with E-state index in [0.29, 0.717) is 11.4 Å². The molecular weight excluding hydrogens is 242 g/mol. The van der Waals surface area contributed by atoms with Gasteiger partial charge in [-0.3, -0.25) is 9.89 Å². The molecule has 7 nitrogen and oxygen atoms in total. The lowest BCUT2D eigenvalue weighted by Crippen LogP contribution is -2.24. The van der Waals surface area contributed by atoms with E-state index >= 15 is 0 Å². The Hall–Kier alpha value is -1.70. The molecule has 0 aliphatic rings. The van der Waals surface area contributed by atoms with Crippen molar-refractivity contribution in [2.75, 3.05) is 17.3 Å². The van der Waals surface area contributed by atoms with Crippen LogP contribution in [0.4, 0.5) is 5.82 Å². The van der Waals surface area contributed by atoms with Crippen molar-refractivity contribution in [3.8, 4) is 0 Å². The van der Waals surface area contributed by atoms with Crippen LogP contribution < -0.4 is 11.1 Å². The topological polar surface area (TPSA) is 116 Å². The molecule has 0 saturated heterocycles. The van der Waals surface area contributed by atoms with Crippen molar-refractivity contribution in [1.29, 1.82) is 0 Å². The number of nitrogens with one attached hydrogen (secondary N) is 2. The molecule has 0 aliphatic heterocycles. The van der Waals surface area contributed by atoms with Crippen LogP contribution in [0.5, 0.6) is 0 Å². The number of nitrogens with zero attached hydrogens (tertiary/aromatic N) is 2. The normalized spacial score (nSPS) is 13.4. The van der Waals surface area contributed by atoms with Gasteiger partial charge in [0.1, 0.15) is 5.82 Å². The third kappa shape index (κ3) is 3.38. The van der Waals surface area contributed by atoms with E-state index in [0.717, 1.165) is 5.75 Å². The molecule has 1 unspecified atom stereocenters. The van der Waals surface area contributed by atoms with Gasteiger partial charge in [0, 0.05) is 11.7 Å². The summed E-state index contributed by atoms with van der Waals surface area (Å²) in [6.45, 7) is 1.82. The molecule has 1 atom stereocenters. The number of aromatic amines is 1. The quantitative estimate of drug-likeness (QED) is 0.264. The lowest BCUT2D eigenvalue weighted by molar-refractivity contribution is -0.118. The molecule has 0 aromatic carbocycles. The van der Waals surface area contributed by atoms with Crippen LogP contribution in [-0.2, 0) is 4.79 Å². The molecular formula is C9H15N5O2S. The first-order valence-corrected chi connectivity index (χ1v) is 6.30. The molecule has 8 heteroatoms. The molecule has 17 heavy (non-hydrogen) atoms. The third-order valence-corrected chi connectivity index (χ3v) is 2.97. The average molecular weight is 257 g/mol. The van der Waals surface area contributed by atoms with Crippen LogP contribution in [0, 0.1) is 5.92 Å². The number of carbonyl (C=O) groups excluding carboxylic acids is 1. The number of thioether (sulfide) groups is 1. The molecule has 1 aromatic heterocycles. The van der Waals surface area contributed by atoms with E-state index in [4.69, 9.17) is 10.9 Å². The largest absolute Gasteiger partial charge is 0.409 e. The maximum Gasteiger partial charge on any atom is 0.229 e. The van der Waals surface area contributed by atoms with E-state index in [1.165, 1.54) is 6.20 Å². The van der Waals surface area contributed by atoms with E-state index in [9.17, 15) is 4.79 Å². The second-order valence-electron chi connectivity index (χ2n) is 3.49. The molecule has 1 amide bonds. The van der Waals surface area contributed by atoms with Crippen LogP contribution in [0.3, 0.4) is 0 Å². The number of oxime groups is 1. The Bertz CT molecular complexity index is 417. The highest BCUT2D eigenvalue weighted by atomic mass is 32.2. The van der Waals surface area contributed by atoms with Gasteiger partial charge in [-0.05, 0) is 6.26 Å². The third-order valence-electron chi connectivity index (χ3n) is 2.14. The molecule has 1 aromatic rings. The van der Waals surface area contributed by atoms with Gasteiger partial charge >= 0.3 is 0 Å². The minimum atomic E-state index is -0.143. The Labute approximate surface area is 103 Å². The van der Waals surface area contributed by atoms with Gasteiger partial charge < -0.3 is 16.3 Å². The smallest absolute Gasteiger partial charge is 0.229 e. The van der Waals surface area contributed by atoms with Crippen molar-refractivity contribution in [2.24, 2.45) is 16.8 Å². The van der Waals surface area contributed by atoms with Gasteiger partial charge in [-0.15, -0.1) is 0 Å². The Balaban J connectivity index is 2.75. The van der Waals surface area contributed by atoms with Gasteiger partial charge in [0.05, 0.1) is 11.8 Å². The Morgan fingerprint density at radius 3 is 3.12 bits per heavy atom. The van der Waals surface area contributed by atoms with Gasteiger partial charge in [0.15, 0.2) is 5.84 Å². The molecule has 0 saturated carbocycles. The summed E-state index contributed by atoms with van der Waals surface area (Å²) in [5.74, 6) is 0.674. The number of anilines is 1. The number of aromatic nitrogens is 2. The lowest BCUT2D eigenvalue weighted by Gasteiger charge is -2.10. The predicted molar refractivity (Wildman–Crippen MR) is 67.3 cm³/mol. The number of carbonyl (C=O) groups is 1. The molecule has 0 aliphatic carbocycles. The number of hydrogen-bond acceptors (Lipinski definition) is 5. The van der Waals surface area contributed by atoms with Crippen molar-refractivity contribution in [3.63, 3.8) is 0 Å². The molecule has 5 N–H and O–H groups in total. The summed E-state index contributed by atoms with van der Waals surface area (Å²) in [5.41, 5.74) is 5.79. The van der Waals surface area contributed by atoms with Crippen molar-refractivity contribution in [2.45, 2.75) is 6.92 Å². The maximum absolute atomic E-state index is 11.7. The average Bonchev–Trinajstić information content (AvgIpc) is 2.76. The molecule has 0 spiro atoms. The predicted octanol–water partition coefficient (Wildman–Crippen LogP) is 0.442. The van der Waals surface area contributed by atoms with Gasteiger partial charge in [-0.1, -0.05) is 12.1 Å². The molecule has 0 fully saturated rings. The zero-order valence-corrected chi connectivity index (χ0v) is 10.4. The second-order valence-corrected chi connectivity index (χ2v) is 4.40. The van der Waals surface area contributed by atoms with Crippen molar-refractivity contribution in [1.82, 2.24) is 10.2 Å². The fourth-order valence-corrected chi connectivity index (χ4v) is 1.85. The zero-order chi connectivity index (χ0) is 12.8. The maximum atomic E-state index is 11.7.